The van der Waals surface area contributed by atoms with Gasteiger partial charge >= 0.3 is 0 Å². The smallest absolute Gasteiger partial charge is 0.252 e. The second-order valence-electron chi connectivity index (χ2n) is 8.57. The molecule has 4 rings (SSSR count). The molecule has 3 saturated carbocycles. The van der Waals surface area contributed by atoms with Crippen LogP contribution in [0, 0.1) is 0 Å². The highest BCUT2D eigenvalue weighted by Gasteiger charge is 2.41. The number of amides is 1. The van der Waals surface area contributed by atoms with Gasteiger partial charge in [0.05, 0.1) is 5.56 Å². The van der Waals surface area contributed by atoms with E-state index in [0.717, 1.165) is 32.1 Å². The molecule has 1 aromatic rings. The normalized spacial score (nSPS) is 31.3. The molecule has 3 fully saturated rings. The number of carbonyl (C=O) groups excluding carboxylic acids is 1. The van der Waals surface area contributed by atoms with Gasteiger partial charge in [-0.25, -0.2) is 8.78 Å². The summed E-state index contributed by atoms with van der Waals surface area (Å²) in [7, 11) is 0. The summed E-state index contributed by atoms with van der Waals surface area (Å²) >= 11 is 1.64. The zero-order chi connectivity index (χ0) is 19.0. The Bertz CT molecular complexity index is 672. The number of hydrogen-bond acceptors (Lipinski definition) is 4. The van der Waals surface area contributed by atoms with Crippen LogP contribution in [0.15, 0.2) is 11.4 Å². The van der Waals surface area contributed by atoms with E-state index >= 15 is 0 Å². The minimum absolute atomic E-state index is 0. The Hall–Kier alpha value is -0.470. The van der Waals surface area contributed by atoms with Crippen LogP contribution in [-0.4, -0.2) is 36.0 Å². The number of nitrogens with one attached hydrogen (secondary N) is 2. The number of thiophene rings is 1. The Morgan fingerprint density at radius 1 is 1.07 bits per heavy atom. The molecule has 0 aliphatic heterocycles. The lowest BCUT2D eigenvalue weighted by Gasteiger charge is -2.28. The van der Waals surface area contributed by atoms with Crippen molar-refractivity contribution in [3.05, 3.63) is 21.9 Å². The lowest BCUT2D eigenvalue weighted by molar-refractivity contribution is -0.0399. The van der Waals surface area contributed by atoms with Crippen molar-refractivity contribution in [2.45, 2.75) is 93.8 Å². The first kappa shape index (κ1) is 24.8. The number of halogens is 4. The summed E-state index contributed by atoms with van der Waals surface area (Å²) in [6.07, 6.45) is 6.10. The fourth-order valence-corrected chi connectivity index (χ4v) is 5.47. The first-order valence-corrected chi connectivity index (χ1v) is 11.1. The van der Waals surface area contributed by atoms with Gasteiger partial charge in [-0.1, -0.05) is 0 Å². The quantitative estimate of drug-likeness (QED) is 0.589. The predicted octanol–water partition coefficient (Wildman–Crippen LogP) is 4.61. The van der Waals surface area contributed by atoms with Gasteiger partial charge in [-0.05, 0) is 51.0 Å². The van der Waals surface area contributed by atoms with Crippen LogP contribution >= 0.6 is 36.2 Å². The third-order valence-corrected chi connectivity index (χ3v) is 7.38. The fraction of sp³-hybridized carbons (Fsp3) is 0.750. The van der Waals surface area contributed by atoms with Crippen molar-refractivity contribution in [2.75, 3.05) is 0 Å². The van der Waals surface area contributed by atoms with E-state index in [9.17, 15) is 13.6 Å². The molecule has 4 N–H and O–H groups in total. The van der Waals surface area contributed by atoms with Gasteiger partial charge < -0.3 is 16.4 Å². The molecule has 4 nitrogen and oxygen atoms in total. The van der Waals surface area contributed by atoms with E-state index in [-0.39, 0.29) is 49.6 Å². The van der Waals surface area contributed by atoms with Crippen LogP contribution < -0.4 is 16.4 Å². The van der Waals surface area contributed by atoms with Crippen LogP contribution in [0.3, 0.4) is 0 Å². The average Bonchev–Trinajstić information content (AvgIpc) is 3.21. The van der Waals surface area contributed by atoms with Gasteiger partial charge in [0.25, 0.3) is 5.91 Å². The molecule has 0 bridgehead atoms. The van der Waals surface area contributed by atoms with Crippen LogP contribution in [0.5, 0.6) is 0 Å². The molecule has 0 spiro atoms. The summed E-state index contributed by atoms with van der Waals surface area (Å²) < 4.78 is 26.5. The Kier molecular flexibility index (Phi) is 8.74. The van der Waals surface area contributed by atoms with Crippen molar-refractivity contribution in [2.24, 2.45) is 5.73 Å². The van der Waals surface area contributed by atoms with Gasteiger partial charge in [0.15, 0.2) is 0 Å². The van der Waals surface area contributed by atoms with Gasteiger partial charge in [0, 0.05) is 53.2 Å². The average molecular weight is 470 g/mol. The number of hydrogen-bond donors (Lipinski definition) is 3. The molecule has 29 heavy (non-hydrogen) atoms. The van der Waals surface area contributed by atoms with Crippen molar-refractivity contribution in [3.8, 4) is 0 Å². The molecule has 0 radical (unpaired) electrons. The minimum Gasteiger partial charge on any atom is -0.349 e. The van der Waals surface area contributed by atoms with E-state index in [2.05, 4.69) is 10.6 Å². The SMILES string of the molecule is Cl.Cl.N[C@H]1CC[C@H](N[C@@H]2C[C@H]2c2cc(C(=O)NC3CCC(F)(F)CC3)cs2)CC1. The summed E-state index contributed by atoms with van der Waals surface area (Å²) in [5.74, 6) is -2.19. The van der Waals surface area contributed by atoms with Gasteiger partial charge in [0.1, 0.15) is 0 Å². The molecule has 1 amide bonds. The van der Waals surface area contributed by atoms with Gasteiger partial charge in [-0.2, -0.15) is 0 Å². The van der Waals surface area contributed by atoms with Crippen LogP contribution in [0.1, 0.15) is 78.9 Å². The predicted molar refractivity (Wildman–Crippen MR) is 118 cm³/mol. The first-order valence-electron chi connectivity index (χ1n) is 10.2. The number of rotatable bonds is 5. The Balaban J connectivity index is 0.00000150. The zero-order valence-corrected chi connectivity index (χ0v) is 18.8. The van der Waals surface area contributed by atoms with E-state index in [0.29, 0.717) is 42.4 Å². The summed E-state index contributed by atoms with van der Waals surface area (Å²) in [5.41, 5.74) is 6.64. The summed E-state index contributed by atoms with van der Waals surface area (Å²) in [6, 6.07) is 3.31. The van der Waals surface area contributed by atoms with E-state index in [4.69, 9.17) is 5.73 Å². The van der Waals surface area contributed by atoms with Crippen LogP contribution in [0.2, 0.25) is 0 Å². The first-order chi connectivity index (χ1) is 12.9. The van der Waals surface area contributed by atoms with Crippen LogP contribution in [-0.2, 0) is 0 Å². The maximum Gasteiger partial charge on any atom is 0.252 e. The molecule has 166 valence electrons. The van der Waals surface area contributed by atoms with E-state index in [1.807, 2.05) is 11.4 Å². The third-order valence-electron chi connectivity index (χ3n) is 6.31. The van der Waals surface area contributed by atoms with E-state index < -0.39 is 5.92 Å². The maximum absolute atomic E-state index is 13.2. The van der Waals surface area contributed by atoms with Crippen molar-refractivity contribution >= 4 is 42.1 Å². The van der Waals surface area contributed by atoms with Crippen LogP contribution in [0.4, 0.5) is 8.78 Å². The number of carbonyl (C=O) groups is 1. The molecular weight excluding hydrogens is 439 g/mol. The van der Waals surface area contributed by atoms with Crippen LogP contribution in [0.25, 0.3) is 0 Å². The van der Waals surface area contributed by atoms with Crippen molar-refractivity contribution in [1.29, 1.82) is 0 Å². The number of alkyl halides is 2. The molecule has 1 aromatic heterocycles. The zero-order valence-electron chi connectivity index (χ0n) is 16.4. The highest BCUT2D eigenvalue weighted by molar-refractivity contribution is 7.10. The molecule has 3 aliphatic rings. The summed E-state index contributed by atoms with van der Waals surface area (Å²) in [5, 5.41) is 8.59. The van der Waals surface area contributed by atoms with Gasteiger partial charge in [0.2, 0.25) is 5.92 Å². The monoisotopic (exact) mass is 469 g/mol. The van der Waals surface area contributed by atoms with Crippen molar-refractivity contribution in [1.82, 2.24) is 10.6 Å². The minimum atomic E-state index is -2.56. The highest BCUT2D eigenvalue weighted by Crippen LogP contribution is 2.44. The lowest BCUT2D eigenvalue weighted by Crippen LogP contribution is -2.40. The molecule has 0 aromatic carbocycles. The van der Waals surface area contributed by atoms with Crippen molar-refractivity contribution in [3.63, 3.8) is 0 Å². The second-order valence-corrected chi connectivity index (χ2v) is 9.51. The third kappa shape index (κ3) is 6.50. The molecule has 9 heteroatoms. The summed E-state index contributed by atoms with van der Waals surface area (Å²) in [4.78, 5) is 13.7. The van der Waals surface area contributed by atoms with E-state index in [1.165, 1.54) is 4.88 Å². The molecule has 3 aliphatic carbocycles. The maximum atomic E-state index is 13.2. The van der Waals surface area contributed by atoms with Crippen molar-refractivity contribution < 1.29 is 13.6 Å². The topological polar surface area (TPSA) is 67.1 Å². The highest BCUT2D eigenvalue weighted by atomic mass is 35.5. The standard InChI is InChI=1S/C20H29F2N3OS.2ClH/c21-20(22)7-5-15(6-8-20)25-19(26)12-9-18(27-11-12)16-10-17(16)24-14-3-1-13(23)2-4-14;;/h9,11,13-17,24H,1-8,10,23H2,(H,25,26);2*1H/t13-,14-,16-,17-;;/m1../s1. The number of nitrogens with two attached hydrogens (primary N) is 1. The van der Waals surface area contributed by atoms with Gasteiger partial charge in [-0.15, -0.1) is 36.2 Å². The Morgan fingerprint density at radius 3 is 2.38 bits per heavy atom. The fourth-order valence-electron chi connectivity index (χ4n) is 4.40. The van der Waals surface area contributed by atoms with Gasteiger partial charge in [-0.3, -0.25) is 4.79 Å². The largest absolute Gasteiger partial charge is 0.349 e. The molecule has 1 heterocycles. The molecule has 0 saturated heterocycles. The summed E-state index contributed by atoms with van der Waals surface area (Å²) in [6.45, 7) is 0. The Labute approximate surface area is 187 Å². The molecular formula is C20H31Cl2F2N3OS. The molecule has 0 unspecified atom stereocenters. The molecule has 2 atom stereocenters. The Morgan fingerprint density at radius 2 is 1.72 bits per heavy atom. The lowest BCUT2D eigenvalue weighted by atomic mass is 9.92. The second kappa shape index (κ2) is 10.2. The van der Waals surface area contributed by atoms with E-state index in [1.54, 1.807) is 11.3 Å².